The van der Waals surface area contributed by atoms with Crippen LogP contribution < -0.4 is 0 Å². The molecule has 1 nitrogen and oxygen atoms in total. The third kappa shape index (κ3) is 3.12. The molecule has 0 spiro atoms. The quantitative estimate of drug-likeness (QED) is 0.494. The van der Waals surface area contributed by atoms with E-state index in [0.717, 1.165) is 12.5 Å². The molecule has 2 unspecified atom stereocenters. The number of rotatable bonds is 4. The molecule has 0 amide bonds. The van der Waals surface area contributed by atoms with E-state index in [1.54, 1.807) is 0 Å². The lowest BCUT2D eigenvalue weighted by molar-refractivity contribution is 0.162. The van der Waals surface area contributed by atoms with Crippen LogP contribution >= 0.6 is 0 Å². The largest absolute Gasteiger partial charge is 0.414 e. The zero-order valence-electron chi connectivity index (χ0n) is 8.59. The predicted octanol–water partition coefficient (Wildman–Crippen LogP) is 3.50. The van der Waals surface area contributed by atoms with Crippen LogP contribution in [-0.4, -0.2) is 14.4 Å². The van der Waals surface area contributed by atoms with Crippen LogP contribution in [0.2, 0.25) is 18.6 Å². The fourth-order valence-corrected chi connectivity index (χ4v) is 5.03. The first-order chi connectivity index (χ1) is 6.20. The lowest BCUT2D eigenvalue weighted by Crippen LogP contribution is -2.41. The third-order valence-electron chi connectivity index (χ3n) is 2.69. The summed E-state index contributed by atoms with van der Waals surface area (Å²) in [5.74, 6) is 0. The summed E-state index contributed by atoms with van der Waals surface area (Å²) in [5.41, 5.74) is 0. The van der Waals surface area contributed by atoms with E-state index in [2.05, 4.69) is 19.7 Å². The van der Waals surface area contributed by atoms with Crippen molar-refractivity contribution in [1.29, 1.82) is 0 Å². The Morgan fingerprint density at radius 2 is 2.23 bits per heavy atom. The summed E-state index contributed by atoms with van der Waals surface area (Å²) in [7, 11) is -1.40. The summed E-state index contributed by atoms with van der Waals surface area (Å²) in [6.07, 6.45) is 7.99. The van der Waals surface area contributed by atoms with Crippen molar-refractivity contribution in [3.05, 3.63) is 25.3 Å². The Hall–Kier alpha value is -0.343. The van der Waals surface area contributed by atoms with Gasteiger partial charge >= 0.3 is 0 Å². The molecule has 0 aromatic carbocycles. The van der Waals surface area contributed by atoms with Crippen molar-refractivity contribution in [3.63, 3.8) is 0 Å². The fraction of sp³-hybridized carbons (Fsp3) is 0.636. The first-order valence-electron chi connectivity index (χ1n) is 5.10. The van der Waals surface area contributed by atoms with Gasteiger partial charge in [-0.25, -0.2) is 0 Å². The van der Waals surface area contributed by atoms with Gasteiger partial charge in [0.25, 0.3) is 0 Å². The van der Waals surface area contributed by atoms with Gasteiger partial charge in [-0.3, -0.25) is 0 Å². The molecule has 2 atom stereocenters. The molecule has 13 heavy (non-hydrogen) atoms. The van der Waals surface area contributed by atoms with E-state index >= 15 is 0 Å². The molecule has 1 aliphatic rings. The van der Waals surface area contributed by atoms with E-state index < -0.39 is 8.32 Å². The van der Waals surface area contributed by atoms with Gasteiger partial charge < -0.3 is 4.43 Å². The number of allylic oxidation sites excluding steroid dienone is 1. The Bertz CT molecular complexity index is 191. The van der Waals surface area contributed by atoms with Crippen molar-refractivity contribution in [2.24, 2.45) is 0 Å². The summed E-state index contributed by atoms with van der Waals surface area (Å²) >= 11 is 0. The summed E-state index contributed by atoms with van der Waals surface area (Å²) < 4.78 is 6.15. The monoisotopic (exact) mass is 196 g/mol. The molecule has 1 aliphatic heterocycles. The SMILES string of the molecule is C=CCC1CCC[Si](C)(CC=C)O1. The van der Waals surface area contributed by atoms with Crippen LogP contribution in [0.4, 0.5) is 0 Å². The van der Waals surface area contributed by atoms with Gasteiger partial charge in [-0.15, -0.1) is 13.2 Å². The maximum absolute atomic E-state index is 6.15. The van der Waals surface area contributed by atoms with Crippen molar-refractivity contribution in [3.8, 4) is 0 Å². The van der Waals surface area contributed by atoms with Crippen LogP contribution in [0, 0.1) is 0 Å². The van der Waals surface area contributed by atoms with E-state index in [1.165, 1.54) is 18.9 Å². The Balaban J connectivity index is 2.48. The maximum atomic E-state index is 6.15. The van der Waals surface area contributed by atoms with Crippen molar-refractivity contribution in [2.75, 3.05) is 0 Å². The van der Waals surface area contributed by atoms with E-state index in [0.29, 0.717) is 6.10 Å². The summed E-state index contributed by atoms with van der Waals surface area (Å²) in [6, 6.07) is 2.40. The molecular formula is C11H20OSi. The summed E-state index contributed by atoms with van der Waals surface area (Å²) in [6.45, 7) is 9.89. The highest BCUT2D eigenvalue weighted by Crippen LogP contribution is 2.30. The molecule has 0 saturated carbocycles. The summed E-state index contributed by atoms with van der Waals surface area (Å²) in [5, 5.41) is 0. The zero-order chi connectivity index (χ0) is 9.73. The Morgan fingerprint density at radius 3 is 2.85 bits per heavy atom. The van der Waals surface area contributed by atoms with E-state index in [4.69, 9.17) is 4.43 Å². The fourth-order valence-electron chi connectivity index (χ4n) is 2.03. The maximum Gasteiger partial charge on any atom is 0.193 e. The van der Waals surface area contributed by atoms with Crippen molar-refractivity contribution in [2.45, 2.75) is 44.0 Å². The van der Waals surface area contributed by atoms with Crippen molar-refractivity contribution >= 4 is 8.32 Å². The third-order valence-corrected chi connectivity index (χ3v) is 6.15. The molecule has 1 rings (SSSR count). The average Bonchev–Trinajstić information content (AvgIpc) is 2.04. The number of hydrogen-bond donors (Lipinski definition) is 0. The molecular weight excluding hydrogens is 176 g/mol. The molecule has 2 heteroatoms. The van der Waals surface area contributed by atoms with Gasteiger partial charge in [-0.2, -0.15) is 0 Å². The average molecular weight is 196 g/mol. The normalized spacial score (nSPS) is 34.1. The van der Waals surface area contributed by atoms with Gasteiger partial charge in [-0.1, -0.05) is 18.6 Å². The predicted molar refractivity (Wildman–Crippen MR) is 60.4 cm³/mol. The second-order valence-electron chi connectivity index (χ2n) is 4.10. The van der Waals surface area contributed by atoms with Gasteiger partial charge in [0, 0.05) is 6.10 Å². The number of hydrogen-bond acceptors (Lipinski definition) is 1. The van der Waals surface area contributed by atoms with E-state index in [9.17, 15) is 0 Å². The highest BCUT2D eigenvalue weighted by atomic mass is 28.4. The first kappa shape index (κ1) is 10.7. The van der Waals surface area contributed by atoms with Crippen molar-refractivity contribution < 1.29 is 4.43 Å². The lowest BCUT2D eigenvalue weighted by atomic mass is 10.1. The first-order valence-corrected chi connectivity index (χ1v) is 7.92. The molecule has 0 N–H and O–H groups in total. The van der Waals surface area contributed by atoms with Crippen molar-refractivity contribution in [1.82, 2.24) is 0 Å². The second kappa shape index (κ2) is 4.77. The smallest absolute Gasteiger partial charge is 0.193 e. The van der Waals surface area contributed by atoms with Gasteiger partial charge in [0.05, 0.1) is 0 Å². The molecule has 74 valence electrons. The van der Waals surface area contributed by atoms with Gasteiger partial charge in [-0.05, 0) is 31.5 Å². The second-order valence-corrected chi connectivity index (χ2v) is 8.14. The highest BCUT2D eigenvalue weighted by molar-refractivity contribution is 6.73. The molecule has 1 fully saturated rings. The van der Waals surface area contributed by atoms with Gasteiger partial charge in [0.15, 0.2) is 8.32 Å². The molecule has 0 bridgehead atoms. The van der Waals surface area contributed by atoms with E-state index in [-0.39, 0.29) is 0 Å². The summed E-state index contributed by atoms with van der Waals surface area (Å²) in [4.78, 5) is 0. The van der Waals surface area contributed by atoms with Crippen LogP contribution in [0.1, 0.15) is 19.3 Å². The van der Waals surface area contributed by atoms with E-state index in [1.807, 2.05) is 12.2 Å². The lowest BCUT2D eigenvalue weighted by Gasteiger charge is -2.36. The molecule has 1 heterocycles. The molecule has 0 radical (unpaired) electrons. The minimum atomic E-state index is -1.40. The minimum absolute atomic E-state index is 0.447. The minimum Gasteiger partial charge on any atom is -0.414 e. The topological polar surface area (TPSA) is 9.23 Å². The molecule has 0 aromatic heterocycles. The Labute approximate surface area is 82.6 Å². The Morgan fingerprint density at radius 1 is 1.46 bits per heavy atom. The van der Waals surface area contributed by atoms with Gasteiger partial charge in [0.2, 0.25) is 0 Å². The van der Waals surface area contributed by atoms with Crippen LogP contribution in [-0.2, 0) is 4.43 Å². The van der Waals surface area contributed by atoms with Crippen LogP contribution in [0.5, 0.6) is 0 Å². The Kier molecular flexibility index (Phi) is 3.94. The zero-order valence-corrected chi connectivity index (χ0v) is 9.59. The van der Waals surface area contributed by atoms with Crippen LogP contribution in [0.3, 0.4) is 0 Å². The molecule has 1 saturated heterocycles. The van der Waals surface area contributed by atoms with Crippen LogP contribution in [0.25, 0.3) is 0 Å². The molecule has 0 aromatic rings. The highest BCUT2D eigenvalue weighted by Gasteiger charge is 2.33. The van der Waals surface area contributed by atoms with Gasteiger partial charge in [0.1, 0.15) is 0 Å². The standard InChI is InChI=1S/C11H20OSi/c1-4-7-11-8-6-10-13(3,12-11)9-5-2/h4-5,11H,1-2,6-10H2,3H3. The van der Waals surface area contributed by atoms with Crippen LogP contribution in [0.15, 0.2) is 25.3 Å². The molecule has 0 aliphatic carbocycles.